The number of hydrogen-bond acceptors (Lipinski definition) is 5. The average Bonchev–Trinajstić information content (AvgIpc) is 3.35. The van der Waals surface area contributed by atoms with Crippen molar-refractivity contribution >= 4 is 45.0 Å². The Balaban J connectivity index is 1.50. The van der Waals surface area contributed by atoms with Gasteiger partial charge in [0.05, 0.1) is 4.88 Å². The summed E-state index contributed by atoms with van der Waals surface area (Å²) in [6.45, 7) is 6.06. The fraction of sp³-hybridized carbons (Fsp3) is 0.238. The minimum absolute atomic E-state index is 0.0433. The van der Waals surface area contributed by atoms with Gasteiger partial charge in [0.1, 0.15) is 0 Å². The van der Waals surface area contributed by atoms with Crippen LogP contribution in [0, 0.1) is 6.92 Å². The zero-order chi connectivity index (χ0) is 18.8. The molecule has 0 radical (unpaired) electrons. The van der Waals surface area contributed by atoms with Crippen LogP contribution in [0.3, 0.4) is 0 Å². The number of nitrogens with one attached hydrogen (secondary N) is 1. The van der Waals surface area contributed by atoms with Gasteiger partial charge < -0.3 is 10.2 Å². The lowest BCUT2D eigenvalue weighted by molar-refractivity contribution is 0.103. The third kappa shape index (κ3) is 3.82. The average molecular weight is 396 g/mol. The molecule has 6 heteroatoms. The van der Waals surface area contributed by atoms with Crippen LogP contribution in [0.25, 0.3) is 5.57 Å². The van der Waals surface area contributed by atoms with E-state index in [4.69, 9.17) is 0 Å². The van der Waals surface area contributed by atoms with Crippen LogP contribution in [0.1, 0.15) is 34.1 Å². The maximum absolute atomic E-state index is 12.4. The molecule has 3 aromatic rings. The zero-order valence-electron chi connectivity index (χ0n) is 15.4. The van der Waals surface area contributed by atoms with Gasteiger partial charge in [-0.3, -0.25) is 4.79 Å². The SMILES string of the molecule is CC1=C(c2ccc(NC(=O)c3sccc3C)cc2)CN(c2nccs2)CC1. The van der Waals surface area contributed by atoms with Crippen LogP contribution in [0.2, 0.25) is 0 Å². The predicted molar refractivity (Wildman–Crippen MR) is 115 cm³/mol. The number of nitrogens with zero attached hydrogens (tertiary/aromatic N) is 2. The van der Waals surface area contributed by atoms with Crippen LogP contribution in [-0.2, 0) is 0 Å². The third-order valence-electron chi connectivity index (χ3n) is 4.87. The van der Waals surface area contributed by atoms with Gasteiger partial charge in [-0.1, -0.05) is 17.7 Å². The van der Waals surface area contributed by atoms with Crippen molar-refractivity contribution in [2.24, 2.45) is 0 Å². The minimum Gasteiger partial charge on any atom is -0.343 e. The van der Waals surface area contributed by atoms with E-state index < -0.39 is 0 Å². The number of rotatable bonds is 4. The molecule has 0 saturated carbocycles. The summed E-state index contributed by atoms with van der Waals surface area (Å²) in [7, 11) is 0. The lowest BCUT2D eigenvalue weighted by Gasteiger charge is -2.30. The Morgan fingerprint density at radius 2 is 1.93 bits per heavy atom. The van der Waals surface area contributed by atoms with E-state index in [1.807, 2.05) is 42.1 Å². The van der Waals surface area contributed by atoms with Crippen molar-refractivity contribution in [2.45, 2.75) is 20.3 Å². The first-order valence-electron chi connectivity index (χ1n) is 8.91. The summed E-state index contributed by atoms with van der Waals surface area (Å²) < 4.78 is 0. The van der Waals surface area contributed by atoms with Crippen LogP contribution in [0.5, 0.6) is 0 Å². The van der Waals surface area contributed by atoms with Gasteiger partial charge in [0.25, 0.3) is 5.91 Å². The fourth-order valence-electron chi connectivity index (χ4n) is 3.28. The normalized spacial score (nSPS) is 14.5. The molecule has 0 unspecified atom stereocenters. The first-order chi connectivity index (χ1) is 13.1. The molecule has 0 saturated heterocycles. The fourth-order valence-corrected chi connectivity index (χ4v) is 4.77. The first-order valence-corrected chi connectivity index (χ1v) is 10.7. The quantitative estimate of drug-likeness (QED) is 0.639. The largest absolute Gasteiger partial charge is 0.343 e. The summed E-state index contributed by atoms with van der Waals surface area (Å²) in [5, 5.41) is 8.04. The molecule has 138 valence electrons. The molecule has 2 aromatic heterocycles. The Morgan fingerprint density at radius 1 is 1.11 bits per heavy atom. The lowest BCUT2D eigenvalue weighted by atomic mass is 9.95. The Kier molecular flexibility index (Phi) is 5.09. The van der Waals surface area contributed by atoms with E-state index in [9.17, 15) is 4.79 Å². The van der Waals surface area contributed by atoms with Gasteiger partial charge in [0.2, 0.25) is 0 Å². The zero-order valence-corrected chi connectivity index (χ0v) is 17.0. The second-order valence-corrected chi connectivity index (χ2v) is 8.50. The Morgan fingerprint density at radius 3 is 2.59 bits per heavy atom. The van der Waals surface area contributed by atoms with Crippen molar-refractivity contribution < 1.29 is 4.79 Å². The number of carbonyl (C=O) groups is 1. The van der Waals surface area contributed by atoms with E-state index in [1.165, 1.54) is 28.0 Å². The highest BCUT2D eigenvalue weighted by molar-refractivity contribution is 7.13. The molecule has 0 fully saturated rings. The number of carbonyl (C=O) groups excluding carboxylic acids is 1. The second-order valence-electron chi connectivity index (χ2n) is 6.71. The summed E-state index contributed by atoms with van der Waals surface area (Å²) in [6, 6.07) is 10.1. The summed E-state index contributed by atoms with van der Waals surface area (Å²) in [4.78, 5) is 19.9. The van der Waals surface area contributed by atoms with E-state index in [0.29, 0.717) is 0 Å². The van der Waals surface area contributed by atoms with Gasteiger partial charge in [-0.25, -0.2) is 4.98 Å². The van der Waals surface area contributed by atoms with Crippen molar-refractivity contribution in [1.29, 1.82) is 0 Å². The second kappa shape index (κ2) is 7.66. The van der Waals surface area contributed by atoms with Gasteiger partial charge in [-0.2, -0.15) is 0 Å². The molecule has 4 nitrogen and oxygen atoms in total. The van der Waals surface area contributed by atoms with E-state index in [2.05, 4.69) is 34.3 Å². The molecular weight excluding hydrogens is 374 g/mol. The van der Waals surface area contributed by atoms with Crippen LogP contribution < -0.4 is 10.2 Å². The van der Waals surface area contributed by atoms with Gasteiger partial charge in [-0.15, -0.1) is 22.7 Å². The van der Waals surface area contributed by atoms with Crippen molar-refractivity contribution in [3.8, 4) is 0 Å². The van der Waals surface area contributed by atoms with Crippen LogP contribution in [-0.4, -0.2) is 24.0 Å². The molecule has 0 bridgehead atoms. The van der Waals surface area contributed by atoms with Gasteiger partial charge in [0.15, 0.2) is 5.13 Å². The van der Waals surface area contributed by atoms with Crippen LogP contribution >= 0.6 is 22.7 Å². The number of benzene rings is 1. The molecule has 1 amide bonds. The monoisotopic (exact) mass is 395 g/mol. The molecule has 1 aromatic carbocycles. The van der Waals surface area contributed by atoms with E-state index >= 15 is 0 Å². The topological polar surface area (TPSA) is 45.2 Å². The van der Waals surface area contributed by atoms with E-state index in [1.54, 1.807) is 11.3 Å². The molecular formula is C21H21N3OS2. The van der Waals surface area contributed by atoms with Crippen molar-refractivity contribution in [1.82, 2.24) is 4.98 Å². The Bertz CT molecular complexity index is 971. The van der Waals surface area contributed by atoms with Gasteiger partial charge >= 0.3 is 0 Å². The Labute approximate surface area is 167 Å². The van der Waals surface area contributed by atoms with E-state index in [0.717, 1.165) is 40.8 Å². The number of anilines is 2. The molecule has 27 heavy (non-hydrogen) atoms. The lowest BCUT2D eigenvalue weighted by Crippen LogP contribution is -2.30. The highest BCUT2D eigenvalue weighted by Gasteiger charge is 2.20. The number of aryl methyl sites for hydroxylation is 1. The van der Waals surface area contributed by atoms with E-state index in [-0.39, 0.29) is 5.91 Å². The summed E-state index contributed by atoms with van der Waals surface area (Å²) in [6.07, 6.45) is 2.91. The number of thiazole rings is 1. The molecule has 0 spiro atoms. The molecule has 3 heterocycles. The molecule has 1 aliphatic rings. The Hall–Kier alpha value is -2.44. The number of aromatic nitrogens is 1. The number of hydrogen-bond donors (Lipinski definition) is 1. The first kappa shape index (κ1) is 17.9. The maximum Gasteiger partial charge on any atom is 0.265 e. The smallest absolute Gasteiger partial charge is 0.265 e. The summed E-state index contributed by atoms with van der Waals surface area (Å²) in [5.74, 6) is -0.0433. The summed E-state index contributed by atoms with van der Waals surface area (Å²) >= 11 is 3.15. The standard InChI is InChI=1S/C21H21N3OS2/c1-14-7-10-24(21-22-9-12-27-21)13-18(14)16-3-5-17(6-4-16)23-20(25)19-15(2)8-11-26-19/h3-6,8-9,11-12H,7,10,13H2,1-2H3,(H,23,25). The molecule has 0 aliphatic carbocycles. The van der Waals surface area contributed by atoms with Crippen molar-refractivity contribution in [3.05, 3.63) is 68.9 Å². The highest BCUT2D eigenvalue weighted by atomic mass is 32.1. The predicted octanol–water partition coefficient (Wildman–Crippen LogP) is 5.45. The van der Waals surface area contributed by atoms with Gasteiger partial charge in [-0.05, 0) is 60.5 Å². The van der Waals surface area contributed by atoms with Crippen molar-refractivity contribution in [3.63, 3.8) is 0 Å². The molecule has 0 atom stereocenters. The number of thiophene rings is 1. The molecule has 1 N–H and O–H groups in total. The van der Waals surface area contributed by atoms with Crippen molar-refractivity contribution in [2.75, 3.05) is 23.3 Å². The highest BCUT2D eigenvalue weighted by Crippen LogP contribution is 2.31. The molecule has 1 aliphatic heterocycles. The van der Waals surface area contributed by atoms with Crippen LogP contribution in [0.15, 0.2) is 52.9 Å². The summed E-state index contributed by atoms with van der Waals surface area (Å²) in [5.41, 5.74) is 5.82. The van der Waals surface area contributed by atoms with Gasteiger partial charge in [0, 0.05) is 30.4 Å². The van der Waals surface area contributed by atoms with Crippen LogP contribution in [0.4, 0.5) is 10.8 Å². The number of amides is 1. The molecule has 4 rings (SSSR count). The third-order valence-corrected chi connectivity index (χ3v) is 6.72. The maximum atomic E-state index is 12.4. The minimum atomic E-state index is -0.0433.